The quantitative estimate of drug-likeness (QED) is 0.267. The van der Waals surface area contributed by atoms with Gasteiger partial charge in [0, 0.05) is 60.7 Å². The maximum atomic E-state index is 14.8. The SMILES string of the molecule is CC(C)C[C@H]1C(=O)N[C@@H]([C@@H](C)O)C(=O)N[C@@H](COC(C)(C)C)C(=O)N[C@H](C(=O)N2CCCCC2)CC(=O)N(C)CCC(=O)N(C)[C@@H](Cc2ccccc2)C(=O)N(C)[C@@H](CC(C)C)C(=O)N1C. The van der Waals surface area contributed by atoms with E-state index in [2.05, 4.69) is 16.0 Å². The number of nitrogens with one attached hydrogen (secondary N) is 3. The third kappa shape index (κ3) is 16.3. The van der Waals surface area contributed by atoms with Gasteiger partial charge in [-0.1, -0.05) is 58.0 Å². The number of likely N-dealkylation sites (N-methyl/N-ethyl adjacent to an activating group) is 3. The monoisotopic (exact) mass is 927 g/mol. The van der Waals surface area contributed by atoms with Gasteiger partial charge in [0.05, 0.1) is 24.7 Å². The Kier molecular flexibility index (Phi) is 21.0. The summed E-state index contributed by atoms with van der Waals surface area (Å²) >= 11 is 0. The summed E-state index contributed by atoms with van der Waals surface area (Å²) in [6.07, 6.45) is 0.723. The van der Waals surface area contributed by atoms with E-state index >= 15 is 0 Å². The molecular formula is C48H78N8O10. The van der Waals surface area contributed by atoms with Gasteiger partial charge in [0.1, 0.15) is 36.3 Å². The molecule has 370 valence electrons. The van der Waals surface area contributed by atoms with Gasteiger partial charge in [-0.3, -0.25) is 38.4 Å². The van der Waals surface area contributed by atoms with Gasteiger partial charge in [0.25, 0.3) is 0 Å². The largest absolute Gasteiger partial charge is 0.391 e. The minimum absolute atomic E-state index is 0.0843. The maximum absolute atomic E-state index is 14.8. The molecule has 1 aromatic rings. The number of amides is 8. The van der Waals surface area contributed by atoms with Crippen molar-refractivity contribution in [3.8, 4) is 0 Å². The molecule has 3 rings (SSSR count). The standard InChI is InChI=1S/C48H78N8O10/c1-30(2)25-36-43(61)51-41(32(5)57)44(62)50-35(29-66-48(6,7)8)42(60)49-34(45(63)56-22-17-14-18-23-56)28-40(59)52(9)24-21-39(58)53(10)38(27-33-19-15-13-16-20-33)47(65)55(12)37(26-31(3)4)46(64)54(36)11/h13,15-16,19-20,30-32,34-38,41,57H,14,17-18,21-29H2,1-12H3,(H,49,60)(H,50,62)(H,51,61)/t32-,34+,35+,36+,37+,38+,41+/m1/s1. The Morgan fingerprint density at radius 3 is 1.82 bits per heavy atom. The van der Waals surface area contributed by atoms with Gasteiger partial charge in [0.2, 0.25) is 47.3 Å². The maximum Gasteiger partial charge on any atom is 0.246 e. The van der Waals surface area contributed by atoms with Gasteiger partial charge < -0.3 is 50.3 Å². The van der Waals surface area contributed by atoms with E-state index in [4.69, 9.17) is 4.74 Å². The topological polar surface area (TPSA) is 218 Å². The first kappa shape index (κ1) is 55.2. The Hall–Kier alpha value is -5.10. The lowest BCUT2D eigenvalue weighted by Crippen LogP contribution is -2.62. The molecule has 2 aliphatic heterocycles. The second-order valence-electron chi connectivity index (χ2n) is 19.8. The molecule has 2 saturated heterocycles. The number of aliphatic hydroxyl groups excluding tert-OH is 1. The van der Waals surface area contributed by atoms with E-state index in [1.807, 2.05) is 58.0 Å². The number of nitrogens with zero attached hydrogens (tertiary/aromatic N) is 5. The number of rotatable bonds is 10. The normalized spacial score (nSPS) is 25.3. The Balaban J connectivity index is 2.20. The zero-order chi connectivity index (χ0) is 49.6. The fourth-order valence-electron chi connectivity index (χ4n) is 8.07. The van der Waals surface area contributed by atoms with E-state index in [1.165, 1.54) is 54.7 Å². The molecular weight excluding hydrogens is 849 g/mol. The van der Waals surface area contributed by atoms with Gasteiger partial charge >= 0.3 is 0 Å². The van der Waals surface area contributed by atoms with E-state index in [-0.39, 0.29) is 50.7 Å². The molecule has 2 aliphatic rings. The molecule has 1 aromatic carbocycles. The van der Waals surface area contributed by atoms with Crippen LogP contribution in [0.5, 0.6) is 0 Å². The number of ether oxygens (including phenoxy) is 1. The van der Waals surface area contributed by atoms with E-state index in [1.54, 1.807) is 25.7 Å². The van der Waals surface area contributed by atoms with Crippen LogP contribution in [0.3, 0.4) is 0 Å². The molecule has 18 heteroatoms. The summed E-state index contributed by atoms with van der Waals surface area (Å²) in [5.41, 5.74) is -0.0218. The number of likely N-dealkylation sites (tertiary alicyclic amines) is 1. The number of aliphatic hydroxyl groups is 1. The average molecular weight is 927 g/mol. The second kappa shape index (κ2) is 25.1. The first-order valence-corrected chi connectivity index (χ1v) is 23.4. The second-order valence-corrected chi connectivity index (χ2v) is 19.8. The fourth-order valence-corrected chi connectivity index (χ4v) is 8.07. The fraction of sp³-hybridized carbons (Fsp3) is 0.708. The van der Waals surface area contributed by atoms with Crippen molar-refractivity contribution >= 4 is 47.3 Å². The molecule has 0 spiro atoms. The van der Waals surface area contributed by atoms with Crippen LogP contribution >= 0.6 is 0 Å². The number of carbonyl (C=O) groups is 8. The summed E-state index contributed by atoms with van der Waals surface area (Å²) in [5.74, 6) is -5.32. The molecule has 0 bridgehead atoms. The van der Waals surface area contributed by atoms with Crippen LogP contribution in [0, 0.1) is 11.8 Å². The number of hydrogen-bond acceptors (Lipinski definition) is 10. The van der Waals surface area contributed by atoms with Crippen molar-refractivity contribution in [1.82, 2.24) is 40.4 Å². The van der Waals surface area contributed by atoms with Crippen molar-refractivity contribution in [2.24, 2.45) is 11.8 Å². The third-order valence-electron chi connectivity index (χ3n) is 12.2. The Morgan fingerprint density at radius 2 is 1.26 bits per heavy atom. The lowest BCUT2D eigenvalue weighted by atomic mass is 9.96. The minimum atomic E-state index is -1.62. The van der Waals surface area contributed by atoms with Gasteiger partial charge in [-0.15, -0.1) is 0 Å². The number of piperidine rings is 1. The highest BCUT2D eigenvalue weighted by Gasteiger charge is 2.41. The van der Waals surface area contributed by atoms with Crippen LogP contribution < -0.4 is 16.0 Å². The third-order valence-corrected chi connectivity index (χ3v) is 12.2. The molecule has 8 amide bonds. The number of hydrogen-bond donors (Lipinski definition) is 4. The van der Waals surface area contributed by atoms with Crippen molar-refractivity contribution in [2.45, 2.75) is 155 Å². The number of carbonyl (C=O) groups excluding carboxylic acids is 8. The van der Waals surface area contributed by atoms with Crippen LogP contribution in [0.4, 0.5) is 0 Å². The van der Waals surface area contributed by atoms with Gasteiger partial charge in [0.15, 0.2) is 0 Å². The first-order chi connectivity index (χ1) is 30.8. The van der Waals surface area contributed by atoms with Gasteiger partial charge in [-0.05, 0) is 77.2 Å². The van der Waals surface area contributed by atoms with E-state index in [0.717, 1.165) is 24.8 Å². The van der Waals surface area contributed by atoms with E-state index in [9.17, 15) is 43.5 Å². The van der Waals surface area contributed by atoms with Crippen molar-refractivity contribution in [1.29, 1.82) is 0 Å². The van der Waals surface area contributed by atoms with Crippen molar-refractivity contribution < 1.29 is 48.2 Å². The van der Waals surface area contributed by atoms with Crippen LogP contribution in [0.1, 0.15) is 106 Å². The van der Waals surface area contributed by atoms with Crippen molar-refractivity contribution in [3.63, 3.8) is 0 Å². The van der Waals surface area contributed by atoms with Crippen LogP contribution in [0.15, 0.2) is 30.3 Å². The predicted octanol–water partition coefficient (Wildman–Crippen LogP) is 1.72. The predicted molar refractivity (Wildman–Crippen MR) is 249 cm³/mol. The van der Waals surface area contributed by atoms with Crippen LogP contribution in [0.2, 0.25) is 0 Å². The lowest BCUT2D eigenvalue weighted by Gasteiger charge is -2.38. The molecule has 0 aromatic heterocycles. The molecule has 18 nitrogen and oxygen atoms in total. The summed E-state index contributed by atoms with van der Waals surface area (Å²) in [5, 5.41) is 18.9. The summed E-state index contributed by atoms with van der Waals surface area (Å²) in [6.45, 7) is 14.5. The summed E-state index contributed by atoms with van der Waals surface area (Å²) in [4.78, 5) is 121. The zero-order valence-electron chi connectivity index (χ0n) is 41.4. The molecule has 0 radical (unpaired) electrons. The zero-order valence-corrected chi connectivity index (χ0v) is 41.4. The smallest absolute Gasteiger partial charge is 0.246 e. The van der Waals surface area contributed by atoms with E-state index < -0.39 is 102 Å². The molecule has 0 aliphatic carbocycles. The summed E-state index contributed by atoms with van der Waals surface area (Å²) < 4.78 is 5.94. The molecule has 0 unspecified atom stereocenters. The van der Waals surface area contributed by atoms with E-state index in [0.29, 0.717) is 13.1 Å². The van der Waals surface area contributed by atoms with Crippen LogP contribution in [-0.4, -0.2) is 179 Å². The highest BCUT2D eigenvalue weighted by molar-refractivity contribution is 5.98. The molecule has 66 heavy (non-hydrogen) atoms. The Labute approximate surface area is 391 Å². The first-order valence-electron chi connectivity index (χ1n) is 23.4. The average Bonchev–Trinajstić information content (AvgIpc) is 3.26. The minimum Gasteiger partial charge on any atom is -0.391 e. The summed E-state index contributed by atoms with van der Waals surface area (Å²) in [7, 11) is 5.96. The molecule has 2 fully saturated rings. The van der Waals surface area contributed by atoms with Crippen molar-refractivity contribution in [2.75, 3.05) is 54.4 Å². The molecule has 0 saturated carbocycles. The molecule has 2 heterocycles. The van der Waals surface area contributed by atoms with Gasteiger partial charge in [-0.25, -0.2) is 0 Å². The highest BCUT2D eigenvalue weighted by Crippen LogP contribution is 2.22. The van der Waals surface area contributed by atoms with Crippen molar-refractivity contribution in [3.05, 3.63) is 35.9 Å². The summed E-state index contributed by atoms with van der Waals surface area (Å²) in [6, 6.07) is 1.39. The highest BCUT2D eigenvalue weighted by atomic mass is 16.5. The molecule has 7 atom stereocenters. The molecule has 4 N–H and O–H groups in total. The van der Waals surface area contributed by atoms with Crippen LogP contribution in [-0.2, 0) is 49.5 Å². The Bertz CT molecular complexity index is 1830. The van der Waals surface area contributed by atoms with Crippen LogP contribution in [0.25, 0.3) is 0 Å². The Morgan fingerprint density at radius 1 is 0.697 bits per heavy atom. The van der Waals surface area contributed by atoms with Gasteiger partial charge in [-0.2, -0.15) is 0 Å². The lowest BCUT2D eigenvalue weighted by molar-refractivity contribution is -0.152. The number of benzene rings is 1.